The maximum Gasteiger partial charge on any atom is 0.319 e. The molecule has 1 aromatic carbocycles. The number of nitrogens with zero attached hydrogens (tertiary/aromatic N) is 3. The van der Waals surface area contributed by atoms with Gasteiger partial charge in [-0.1, -0.05) is 24.3 Å². The molecule has 25 heavy (non-hydrogen) atoms. The van der Waals surface area contributed by atoms with Gasteiger partial charge in [-0.15, -0.1) is 0 Å². The average molecular weight is 345 g/mol. The third-order valence-corrected chi connectivity index (χ3v) is 4.90. The second-order valence-corrected chi connectivity index (χ2v) is 6.23. The minimum atomic E-state index is -2.72. The highest BCUT2D eigenvalue weighted by Crippen LogP contribution is 2.31. The minimum absolute atomic E-state index is 0.0201. The van der Waals surface area contributed by atoms with Crippen molar-refractivity contribution in [2.24, 2.45) is 0 Å². The summed E-state index contributed by atoms with van der Waals surface area (Å²) in [6.07, 6.45) is 0. The van der Waals surface area contributed by atoms with Crippen molar-refractivity contribution in [1.82, 2.24) is 9.47 Å². The molecule has 1 atom stereocenters. The van der Waals surface area contributed by atoms with Gasteiger partial charge in [-0.25, -0.2) is 0 Å². The number of aromatic nitrogens is 1. The Bertz CT molecular complexity index is 771. The van der Waals surface area contributed by atoms with Crippen molar-refractivity contribution in [2.45, 2.75) is 26.4 Å². The first kappa shape index (κ1) is 17.6. The summed E-state index contributed by atoms with van der Waals surface area (Å²) in [5.41, 5.74) is 3.07. The zero-order chi connectivity index (χ0) is 18.0. The van der Waals surface area contributed by atoms with E-state index in [1.54, 1.807) is 6.92 Å². The molecule has 0 saturated carbocycles. The van der Waals surface area contributed by atoms with E-state index in [1.165, 1.54) is 11.6 Å². The van der Waals surface area contributed by atoms with Crippen LogP contribution in [-0.4, -0.2) is 35.8 Å². The van der Waals surface area contributed by atoms with E-state index in [4.69, 9.17) is 10.00 Å². The number of nitriles is 1. The fourth-order valence-electron chi connectivity index (χ4n) is 3.37. The second-order valence-electron chi connectivity index (χ2n) is 6.23. The lowest BCUT2D eigenvalue weighted by Crippen LogP contribution is -2.37. The maximum atomic E-state index is 13.2. The number of morpholine rings is 1. The minimum Gasteiger partial charge on any atom is -0.379 e. The predicted octanol–water partition coefficient (Wildman–Crippen LogP) is 4.12. The summed E-state index contributed by atoms with van der Waals surface area (Å²) in [5.74, 6) is 0. The summed E-state index contributed by atoms with van der Waals surface area (Å²) >= 11 is 0. The molecule has 2 aromatic rings. The fraction of sp³-hybridized carbons (Fsp3) is 0.421. The lowest BCUT2D eigenvalue weighted by Gasteiger charge is -2.32. The molecule has 0 N–H and O–H groups in total. The summed E-state index contributed by atoms with van der Waals surface area (Å²) in [6, 6.07) is 11.6. The fourth-order valence-corrected chi connectivity index (χ4v) is 3.37. The lowest BCUT2D eigenvalue weighted by molar-refractivity contribution is 0.0198. The first-order chi connectivity index (χ1) is 12.0. The van der Waals surface area contributed by atoms with Crippen LogP contribution in [0.3, 0.4) is 0 Å². The molecule has 1 aliphatic rings. The molecule has 2 heterocycles. The van der Waals surface area contributed by atoms with Crippen LogP contribution in [0.1, 0.15) is 36.5 Å². The predicted molar refractivity (Wildman–Crippen MR) is 91.4 cm³/mol. The molecule has 6 heteroatoms. The molecule has 0 bridgehead atoms. The third kappa shape index (κ3) is 3.44. The number of halogens is 2. The Morgan fingerprint density at radius 1 is 1.16 bits per heavy atom. The lowest BCUT2D eigenvalue weighted by atomic mass is 10.0. The van der Waals surface area contributed by atoms with Gasteiger partial charge in [0, 0.05) is 30.4 Å². The van der Waals surface area contributed by atoms with E-state index in [2.05, 4.69) is 11.8 Å². The molecule has 1 aromatic heterocycles. The number of rotatable bonds is 4. The molecule has 3 rings (SSSR count). The highest BCUT2D eigenvalue weighted by Gasteiger charge is 2.20. The summed E-state index contributed by atoms with van der Waals surface area (Å²) in [7, 11) is 0. The molecule has 132 valence electrons. The van der Waals surface area contributed by atoms with Crippen molar-refractivity contribution in [3.8, 4) is 17.2 Å². The van der Waals surface area contributed by atoms with E-state index in [9.17, 15) is 8.78 Å². The van der Waals surface area contributed by atoms with Crippen LogP contribution in [0.2, 0.25) is 0 Å². The smallest absolute Gasteiger partial charge is 0.319 e. The Hall–Kier alpha value is -2.23. The monoisotopic (exact) mass is 345 g/mol. The van der Waals surface area contributed by atoms with Gasteiger partial charge < -0.3 is 4.74 Å². The van der Waals surface area contributed by atoms with Gasteiger partial charge in [-0.3, -0.25) is 9.47 Å². The normalized spacial score (nSPS) is 16.8. The van der Waals surface area contributed by atoms with Gasteiger partial charge in [0.1, 0.15) is 11.8 Å². The maximum absolute atomic E-state index is 13.2. The standard InChI is InChI=1S/C19H21F2N3O/c1-13(23-7-9-25-10-8-23)15-3-5-16(6-4-15)18-11-17(12-22)24(14(18)2)19(20)21/h3-6,11,13,19H,7-10H2,1-2H3/t13-/m1/s1. The highest BCUT2D eigenvalue weighted by molar-refractivity contribution is 5.68. The first-order valence-electron chi connectivity index (χ1n) is 8.35. The molecular formula is C19H21F2N3O. The summed E-state index contributed by atoms with van der Waals surface area (Å²) in [6.45, 7) is 4.37. The van der Waals surface area contributed by atoms with Crippen LogP contribution in [0.4, 0.5) is 8.78 Å². The molecule has 1 fully saturated rings. The van der Waals surface area contributed by atoms with E-state index in [-0.39, 0.29) is 11.7 Å². The van der Waals surface area contributed by atoms with Crippen molar-refractivity contribution in [3.63, 3.8) is 0 Å². The molecule has 0 aliphatic carbocycles. The Morgan fingerprint density at radius 2 is 1.80 bits per heavy atom. The topological polar surface area (TPSA) is 41.2 Å². The Kier molecular flexibility index (Phi) is 5.16. The van der Waals surface area contributed by atoms with Crippen molar-refractivity contribution in [3.05, 3.63) is 47.3 Å². The summed E-state index contributed by atoms with van der Waals surface area (Å²) in [4.78, 5) is 2.37. The van der Waals surface area contributed by atoms with Gasteiger partial charge in [-0.2, -0.15) is 14.0 Å². The average Bonchev–Trinajstić information content (AvgIpc) is 2.98. The van der Waals surface area contributed by atoms with Gasteiger partial charge in [0.15, 0.2) is 0 Å². The molecule has 1 aliphatic heterocycles. The van der Waals surface area contributed by atoms with Crippen LogP contribution in [0.25, 0.3) is 11.1 Å². The van der Waals surface area contributed by atoms with Crippen LogP contribution in [0.5, 0.6) is 0 Å². The number of hydrogen-bond acceptors (Lipinski definition) is 3. The van der Waals surface area contributed by atoms with Gasteiger partial charge in [0.05, 0.1) is 13.2 Å². The Labute approximate surface area is 146 Å². The van der Waals surface area contributed by atoms with E-state index in [0.29, 0.717) is 11.3 Å². The quantitative estimate of drug-likeness (QED) is 0.837. The van der Waals surface area contributed by atoms with Crippen molar-refractivity contribution < 1.29 is 13.5 Å². The molecule has 0 radical (unpaired) electrons. The molecule has 0 spiro atoms. The number of ether oxygens (including phenoxy) is 1. The largest absolute Gasteiger partial charge is 0.379 e. The van der Waals surface area contributed by atoms with E-state index >= 15 is 0 Å². The SMILES string of the molecule is Cc1c(-c2ccc([C@@H](C)N3CCOCC3)cc2)cc(C#N)n1C(F)F. The van der Waals surface area contributed by atoms with Gasteiger partial charge in [0.25, 0.3) is 0 Å². The van der Waals surface area contributed by atoms with Crippen molar-refractivity contribution in [2.75, 3.05) is 26.3 Å². The molecule has 4 nitrogen and oxygen atoms in total. The molecule has 0 unspecified atom stereocenters. The highest BCUT2D eigenvalue weighted by atomic mass is 19.3. The second kappa shape index (κ2) is 7.34. The van der Waals surface area contributed by atoms with Crippen LogP contribution in [0.15, 0.2) is 30.3 Å². The van der Waals surface area contributed by atoms with E-state index in [1.807, 2.05) is 30.3 Å². The van der Waals surface area contributed by atoms with E-state index in [0.717, 1.165) is 36.4 Å². The molecule has 0 amide bonds. The van der Waals surface area contributed by atoms with Crippen molar-refractivity contribution >= 4 is 0 Å². The van der Waals surface area contributed by atoms with Crippen LogP contribution in [0, 0.1) is 18.3 Å². The number of alkyl halides is 2. The Balaban J connectivity index is 1.87. The molecular weight excluding hydrogens is 324 g/mol. The zero-order valence-corrected chi connectivity index (χ0v) is 14.4. The summed E-state index contributed by atoms with van der Waals surface area (Å²) in [5, 5.41) is 9.09. The van der Waals surface area contributed by atoms with Crippen molar-refractivity contribution in [1.29, 1.82) is 5.26 Å². The Morgan fingerprint density at radius 3 is 2.32 bits per heavy atom. The van der Waals surface area contributed by atoms with E-state index < -0.39 is 6.55 Å². The number of benzene rings is 1. The van der Waals surface area contributed by atoms with Gasteiger partial charge in [-0.05, 0) is 31.0 Å². The zero-order valence-electron chi connectivity index (χ0n) is 14.4. The third-order valence-electron chi connectivity index (χ3n) is 4.90. The van der Waals surface area contributed by atoms with Crippen LogP contribution >= 0.6 is 0 Å². The number of hydrogen-bond donors (Lipinski definition) is 0. The first-order valence-corrected chi connectivity index (χ1v) is 8.35. The van der Waals surface area contributed by atoms with Gasteiger partial charge in [0.2, 0.25) is 0 Å². The van der Waals surface area contributed by atoms with Crippen LogP contribution < -0.4 is 0 Å². The molecule has 1 saturated heterocycles. The van der Waals surface area contributed by atoms with Gasteiger partial charge >= 0.3 is 6.55 Å². The van der Waals surface area contributed by atoms with Crippen LogP contribution in [-0.2, 0) is 4.74 Å². The summed E-state index contributed by atoms with van der Waals surface area (Å²) < 4.78 is 32.5.